The molecule has 0 atom stereocenters. The molecular weight excluding hydrogens is 528 g/mol. The normalized spacial score (nSPS) is 11.3. The predicted molar refractivity (Wildman–Crippen MR) is 172 cm³/mol. The van der Waals surface area contributed by atoms with Crippen LogP contribution in [0.3, 0.4) is 0 Å². The second kappa shape index (κ2) is 16.7. The lowest BCUT2D eigenvalue weighted by Gasteiger charge is -2.11. The second-order valence-corrected chi connectivity index (χ2v) is 10.8. The van der Waals surface area contributed by atoms with Gasteiger partial charge in [-0.3, -0.25) is 0 Å². The van der Waals surface area contributed by atoms with Crippen molar-refractivity contribution in [2.24, 2.45) is 0 Å². The van der Waals surface area contributed by atoms with Crippen molar-refractivity contribution in [3.05, 3.63) is 96.1 Å². The highest BCUT2D eigenvalue weighted by molar-refractivity contribution is 7.98. The number of rotatable bonds is 17. The molecule has 0 bridgehead atoms. The summed E-state index contributed by atoms with van der Waals surface area (Å²) in [6.45, 7) is 9.98. The number of aromatic nitrogens is 2. The van der Waals surface area contributed by atoms with Crippen LogP contribution in [-0.4, -0.2) is 36.0 Å². The van der Waals surface area contributed by atoms with Crippen LogP contribution in [0.4, 0.5) is 0 Å². The number of aryl methyl sites for hydroxylation is 1. The molecule has 0 saturated carbocycles. The third-order valence-electron chi connectivity index (χ3n) is 6.62. The maximum Gasteiger partial charge on any atom is 0.126 e. The largest absolute Gasteiger partial charge is 0.493 e. The maximum atomic E-state index is 5.93. The predicted octanol–water partition coefficient (Wildman–Crippen LogP) is 9.02. The number of benzene rings is 3. The summed E-state index contributed by atoms with van der Waals surface area (Å²) < 4.78 is 19.6. The van der Waals surface area contributed by atoms with Crippen molar-refractivity contribution in [2.75, 3.05) is 26.4 Å². The Morgan fingerprint density at radius 2 is 1.61 bits per heavy atom. The molecule has 41 heavy (non-hydrogen) atoms. The molecule has 3 aromatic carbocycles. The van der Waals surface area contributed by atoms with E-state index in [0.29, 0.717) is 19.8 Å². The molecule has 0 radical (unpaired) electrons. The molecular formula is C35H42N2O3S. The van der Waals surface area contributed by atoms with Crippen molar-refractivity contribution in [2.45, 2.75) is 57.2 Å². The zero-order valence-electron chi connectivity index (χ0n) is 24.6. The zero-order valence-corrected chi connectivity index (χ0v) is 25.4. The number of imidazole rings is 1. The van der Waals surface area contributed by atoms with Gasteiger partial charge in [-0.2, -0.15) is 0 Å². The van der Waals surface area contributed by atoms with E-state index in [-0.39, 0.29) is 0 Å². The number of ether oxygens (including phenoxy) is 3. The van der Waals surface area contributed by atoms with E-state index >= 15 is 0 Å². The first-order valence-electron chi connectivity index (χ1n) is 14.7. The monoisotopic (exact) mass is 570 g/mol. The molecule has 0 fully saturated rings. The first-order chi connectivity index (χ1) is 20.2. The van der Waals surface area contributed by atoms with E-state index in [9.17, 15) is 0 Å². The Morgan fingerprint density at radius 1 is 0.805 bits per heavy atom. The van der Waals surface area contributed by atoms with E-state index in [0.717, 1.165) is 71.9 Å². The van der Waals surface area contributed by atoms with E-state index in [1.807, 2.05) is 43.3 Å². The SMILES string of the molecule is CCCCOCCOc1ccc(-c2ccc(OCC)c(/C=C/c3ccc(SCc4cncn4CCC)cc3)c2)cc1. The lowest BCUT2D eigenvalue weighted by atomic mass is 10.0. The van der Waals surface area contributed by atoms with Gasteiger partial charge in [0.1, 0.15) is 18.1 Å². The minimum absolute atomic E-state index is 0.561. The van der Waals surface area contributed by atoms with E-state index in [2.05, 4.69) is 90.1 Å². The fourth-order valence-corrected chi connectivity index (χ4v) is 5.27. The average Bonchev–Trinajstić information content (AvgIpc) is 3.45. The number of nitrogens with zero attached hydrogens (tertiary/aromatic N) is 2. The summed E-state index contributed by atoms with van der Waals surface area (Å²) in [6.07, 6.45) is 11.5. The van der Waals surface area contributed by atoms with E-state index in [1.54, 1.807) is 0 Å². The number of hydrogen-bond donors (Lipinski definition) is 0. The van der Waals surface area contributed by atoms with Crippen LogP contribution < -0.4 is 9.47 Å². The van der Waals surface area contributed by atoms with Crippen molar-refractivity contribution in [3.8, 4) is 22.6 Å². The topological polar surface area (TPSA) is 45.5 Å². The van der Waals surface area contributed by atoms with Crippen LogP contribution in [0.5, 0.6) is 11.5 Å². The molecule has 0 saturated heterocycles. The third-order valence-corrected chi connectivity index (χ3v) is 7.67. The van der Waals surface area contributed by atoms with Crippen molar-refractivity contribution >= 4 is 23.9 Å². The van der Waals surface area contributed by atoms with Crippen molar-refractivity contribution in [3.63, 3.8) is 0 Å². The zero-order chi connectivity index (χ0) is 28.7. The molecule has 216 valence electrons. The van der Waals surface area contributed by atoms with Crippen LogP contribution in [0.2, 0.25) is 0 Å². The fourth-order valence-electron chi connectivity index (χ4n) is 4.38. The van der Waals surface area contributed by atoms with Gasteiger partial charge >= 0.3 is 0 Å². The molecule has 0 N–H and O–H groups in total. The molecule has 0 amide bonds. The first-order valence-corrected chi connectivity index (χ1v) is 15.7. The van der Waals surface area contributed by atoms with E-state index in [4.69, 9.17) is 14.2 Å². The van der Waals surface area contributed by atoms with Gasteiger partial charge in [-0.25, -0.2) is 4.98 Å². The lowest BCUT2D eigenvalue weighted by molar-refractivity contribution is 0.0981. The summed E-state index contributed by atoms with van der Waals surface area (Å²) in [5, 5.41) is 0. The molecule has 1 heterocycles. The molecule has 0 aliphatic rings. The quantitative estimate of drug-likeness (QED) is 0.0720. The fraction of sp³-hybridized carbons (Fsp3) is 0.343. The summed E-state index contributed by atoms with van der Waals surface area (Å²) in [6, 6.07) is 23.3. The molecule has 0 aliphatic carbocycles. The Morgan fingerprint density at radius 3 is 2.37 bits per heavy atom. The standard InChI is InChI=1S/C35H42N2O3S/c1-4-7-21-38-22-23-40-33-15-12-29(13-16-33)30-14-19-35(39-6-3)31(24-30)11-8-28-9-17-34(18-10-28)41-26-32-25-36-27-37(32)20-5-2/h8-19,24-25,27H,4-7,20-23,26H2,1-3H3/b11-8+. The summed E-state index contributed by atoms with van der Waals surface area (Å²) >= 11 is 1.84. The first kappa shape index (κ1) is 30.5. The van der Waals surface area contributed by atoms with Gasteiger partial charge < -0.3 is 18.8 Å². The Bertz CT molecular complexity index is 1350. The van der Waals surface area contributed by atoms with Gasteiger partial charge in [-0.05, 0) is 72.9 Å². The summed E-state index contributed by atoms with van der Waals surface area (Å²) in [7, 11) is 0. The number of unbranched alkanes of at least 4 members (excludes halogenated alkanes) is 1. The molecule has 0 unspecified atom stereocenters. The summed E-state index contributed by atoms with van der Waals surface area (Å²) in [5.41, 5.74) is 5.74. The maximum absolute atomic E-state index is 5.93. The van der Waals surface area contributed by atoms with Crippen LogP contribution >= 0.6 is 11.8 Å². The van der Waals surface area contributed by atoms with Crippen LogP contribution in [-0.2, 0) is 17.0 Å². The van der Waals surface area contributed by atoms with Crippen LogP contribution in [0.1, 0.15) is 56.9 Å². The van der Waals surface area contributed by atoms with Gasteiger partial charge in [-0.15, -0.1) is 11.8 Å². The molecule has 4 aromatic rings. The molecule has 4 rings (SSSR count). The third kappa shape index (κ3) is 9.55. The van der Waals surface area contributed by atoms with Crippen molar-refractivity contribution < 1.29 is 14.2 Å². The summed E-state index contributed by atoms with van der Waals surface area (Å²) in [4.78, 5) is 5.56. The highest BCUT2D eigenvalue weighted by Crippen LogP contribution is 2.30. The van der Waals surface area contributed by atoms with E-state index in [1.165, 1.54) is 10.6 Å². The van der Waals surface area contributed by atoms with Gasteiger partial charge in [0, 0.05) is 41.3 Å². The number of hydrogen-bond acceptors (Lipinski definition) is 5. The minimum atomic E-state index is 0.561. The van der Waals surface area contributed by atoms with Crippen LogP contribution in [0.25, 0.3) is 23.3 Å². The smallest absolute Gasteiger partial charge is 0.126 e. The van der Waals surface area contributed by atoms with Crippen LogP contribution in [0.15, 0.2) is 84.1 Å². The molecule has 0 spiro atoms. The lowest BCUT2D eigenvalue weighted by Crippen LogP contribution is -2.07. The Balaban J connectivity index is 1.38. The Kier molecular flexibility index (Phi) is 12.4. The highest BCUT2D eigenvalue weighted by atomic mass is 32.2. The average molecular weight is 571 g/mol. The Hall–Kier alpha value is -3.48. The molecule has 6 heteroatoms. The van der Waals surface area contributed by atoms with Crippen molar-refractivity contribution in [1.82, 2.24) is 9.55 Å². The number of thioether (sulfide) groups is 1. The molecule has 1 aromatic heterocycles. The Labute approximate surface area is 249 Å². The van der Waals surface area contributed by atoms with Gasteiger partial charge in [-0.1, -0.05) is 62.8 Å². The van der Waals surface area contributed by atoms with Gasteiger partial charge in [0.2, 0.25) is 0 Å². The minimum Gasteiger partial charge on any atom is -0.493 e. The van der Waals surface area contributed by atoms with Gasteiger partial charge in [0.15, 0.2) is 0 Å². The summed E-state index contributed by atoms with van der Waals surface area (Å²) in [5.74, 6) is 2.65. The second-order valence-electron chi connectivity index (χ2n) is 9.79. The molecule has 0 aliphatic heterocycles. The molecule has 5 nitrogen and oxygen atoms in total. The van der Waals surface area contributed by atoms with Gasteiger partial charge in [0.05, 0.1) is 19.5 Å². The van der Waals surface area contributed by atoms with E-state index < -0.39 is 0 Å². The highest BCUT2D eigenvalue weighted by Gasteiger charge is 2.06. The van der Waals surface area contributed by atoms with Crippen molar-refractivity contribution in [1.29, 1.82) is 0 Å². The van der Waals surface area contributed by atoms with Gasteiger partial charge in [0.25, 0.3) is 0 Å². The van der Waals surface area contributed by atoms with Crippen LogP contribution in [0, 0.1) is 0 Å².